The van der Waals surface area contributed by atoms with Crippen LogP contribution in [0.1, 0.15) is 30.7 Å². The van der Waals surface area contributed by atoms with Gasteiger partial charge in [0.15, 0.2) is 0 Å². The van der Waals surface area contributed by atoms with Crippen LogP contribution in [-0.4, -0.2) is 43.3 Å². The maximum absolute atomic E-state index is 14.3. The number of nitriles is 1. The number of aromatic amines is 1. The van der Waals surface area contributed by atoms with Crippen LogP contribution in [0.25, 0.3) is 33.4 Å². The average Bonchev–Trinajstić information content (AvgIpc) is 3.55. The van der Waals surface area contributed by atoms with Gasteiger partial charge in [-0.3, -0.25) is 4.79 Å². The summed E-state index contributed by atoms with van der Waals surface area (Å²) in [5.74, 6) is 0.150. The number of nitrogens with one attached hydrogen (secondary N) is 2. The van der Waals surface area contributed by atoms with Gasteiger partial charge < -0.3 is 15.0 Å². The predicted molar refractivity (Wildman–Crippen MR) is 120 cm³/mol. The number of pyridine rings is 2. The molecule has 1 saturated carbocycles. The zero-order valence-corrected chi connectivity index (χ0v) is 18.3. The van der Waals surface area contributed by atoms with E-state index in [9.17, 15) is 18.8 Å². The van der Waals surface area contributed by atoms with Gasteiger partial charge in [-0.1, -0.05) is 0 Å². The molecule has 5 heterocycles. The number of nitrogens with zero attached hydrogens (tertiary/aromatic N) is 5. The Morgan fingerprint density at radius 3 is 2.80 bits per heavy atom. The SMILES string of the molecule is N#Cc1ncccc1-c1c(-c2c(C(F)F)nn3c2OC[C@@H](NC(=O)C2CC2)C3)[nH]c2ncccc12. The normalized spacial score (nSPS) is 17.1. The molecule has 9 nitrogen and oxygen atoms in total. The lowest BCUT2D eigenvalue weighted by molar-refractivity contribution is -0.123. The highest BCUT2D eigenvalue weighted by Gasteiger charge is 2.36. The molecule has 0 radical (unpaired) electrons. The van der Waals surface area contributed by atoms with E-state index in [2.05, 4.69) is 31.4 Å². The van der Waals surface area contributed by atoms with Crippen molar-refractivity contribution >= 4 is 16.9 Å². The highest BCUT2D eigenvalue weighted by atomic mass is 19.3. The van der Waals surface area contributed by atoms with Crippen molar-refractivity contribution < 1.29 is 18.3 Å². The van der Waals surface area contributed by atoms with E-state index in [0.29, 0.717) is 27.9 Å². The maximum atomic E-state index is 14.3. The van der Waals surface area contributed by atoms with Crippen LogP contribution >= 0.6 is 0 Å². The Balaban J connectivity index is 1.52. The van der Waals surface area contributed by atoms with E-state index in [1.54, 1.807) is 30.5 Å². The van der Waals surface area contributed by atoms with E-state index >= 15 is 0 Å². The lowest BCUT2D eigenvalue weighted by Crippen LogP contribution is -2.45. The van der Waals surface area contributed by atoms with Gasteiger partial charge in [-0.15, -0.1) is 0 Å². The standard InChI is InChI=1S/C24H19F2N7O2/c25-21(26)20-18(24-33(32-20)10-13(11-35-24)30-23(34)12-5-6-12)19-17(14-3-1-7-28-16(14)9-27)15-4-2-8-29-22(15)31-19/h1-4,7-8,12-13,21H,5-6,10-11H2,(H,29,31)(H,30,34)/t13-/m0/s1. The van der Waals surface area contributed by atoms with Crippen LogP contribution in [0.15, 0.2) is 36.7 Å². The number of hydrogen-bond donors (Lipinski definition) is 2. The number of H-pyrrole nitrogens is 1. The fourth-order valence-electron chi connectivity index (χ4n) is 4.50. The number of amides is 1. The van der Waals surface area contributed by atoms with Crippen molar-refractivity contribution in [1.82, 2.24) is 30.0 Å². The molecule has 6 rings (SSSR count). The second kappa shape index (κ2) is 8.16. The monoisotopic (exact) mass is 475 g/mol. The van der Waals surface area contributed by atoms with Crippen molar-refractivity contribution in [3.05, 3.63) is 48.0 Å². The highest BCUT2D eigenvalue weighted by Crippen LogP contribution is 2.46. The Kier molecular flexibility index (Phi) is 4.95. The van der Waals surface area contributed by atoms with E-state index in [0.717, 1.165) is 12.8 Å². The third-order valence-electron chi connectivity index (χ3n) is 6.25. The quantitative estimate of drug-likeness (QED) is 0.455. The molecule has 1 aliphatic carbocycles. The van der Waals surface area contributed by atoms with Crippen molar-refractivity contribution in [3.63, 3.8) is 0 Å². The van der Waals surface area contributed by atoms with Gasteiger partial charge in [-0.25, -0.2) is 23.4 Å². The number of carbonyl (C=O) groups is 1. The van der Waals surface area contributed by atoms with Gasteiger partial charge in [0, 0.05) is 34.8 Å². The van der Waals surface area contributed by atoms with E-state index in [1.807, 2.05) is 0 Å². The number of hydrogen-bond acceptors (Lipinski definition) is 6. The van der Waals surface area contributed by atoms with Crippen LogP contribution in [0.2, 0.25) is 0 Å². The minimum Gasteiger partial charge on any atom is -0.475 e. The molecule has 0 bridgehead atoms. The molecular formula is C24H19F2N7O2. The van der Waals surface area contributed by atoms with Crippen molar-refractivity contribution in [2.75, 3.05) is 6.61 Å². The summed E-state index contributed by atoms with van der Waals surface area (Å²) in [4.78, 5) is 23.8. The van der Waals surface area contributed by atoms with Crippen LogP contribution in [0, 0.1) is 17.2 Å². The largest absolute Gasteiger partial charge is 0.475 e. The first kappa shape index (κ1) is 21.2. The van der Waals surface area contributed by atoms with Crippen LogP contribution in [-0.2, 0) is 11.3 Å². The number of rotatable bonds is 5. The zero-order valence-electron chi connectivity index (χ0n) is 18.3. The zero-order chi connectivity index (χ0) is 24.1. The summed E-state index contributed by atoms with van der Waals surface area (Å²) in [6.45, 7) is 0.335. The number of alkyl halides is 2. The molecule has 2 N–H and O–H groups in total. The summed E-state index contributed by atoms with van der Waals surface area (Å²) < 4.78 is 35.8. The van der Waals surface area contributed by atoms with E-state index in [-0.39, 0.29) is 48.2 Å². The Morgan fingerprint density at radius 2 is 2.03 bits per heavy atom. The first-order valence-corrected chi connectivity index (χ1v) is 11.2. The van der Waals surface area contributed by atoms with E-state index in [4.69, 9.17) is 4.74 Å². The Morgan fingerprint density at radius 1 is 1.23 bits per heavy atom. The summed E-state index contributed by atoms with van der Waals surface area (Å²) in [6, 6.07) is 8.63. The Bertz CT molecular complexity index is 1500. The van der Waals surface area contributed by atoms with Gasteiger partial charge in [0.1, 0.15) is 29.7 Å². The second-order valence-electron chi connectivity index (χ2n) is 8.62. The number of aromatic nitrogens is 5. The topological polar surface area (TPSA) is 122 Å². The third-order valence-corrected chi connectivity index (χ3v) is 6.25. The van der Waals surface area contributed by atoms with Crippen molar-refractivity contribution in [2.45, 2.75) is 31.9 Å². The summed E-state index contributed by atoms with van der Waals surface area (Å²) in [5.41, 5.74) is 1.59. The van der Waals surface area contributed by atoms with Crippen LogP contribution < -0.4 is 10.1 Å². The number of halogens is 2. The molecule has 4 aromatic heterocycles. The third kappa shape index (κ3) is 3.58. The second-order valence-corrected chi connectivity index (χ2v) is 8.62. The smallest absolute Gasteiger partial charge is 0.282 e. The fraction of sp³-hybridized carbons (Fsp3) is 0.292. The molecule has 1 atom stereocenters. The Hall–Kier alpha value is -4.33. The molecule has 176 valence electrons. The van der Waals surface area contributed by atoms with Crippen LogP contribution in [0.4, 0.5) is 8.78 Å². The van der Waals surface area contributed by atoms with Crippen LogP contribution in [0.3, 0.4) is 0 Å². The highest BCUT2D eigenvalue weighted by molar-refractivity contribution is 6.04. The minimum absolute atomic E-state index is 0.0245. The molecule has 0 unspecified atom stereocenters. The number of fused-ring (bicyclic) bond motifs is 2. The number of carbonyl (C=O) groups excluding carboxylic acids is 1. The average molecular weight is 475 g/mol. The van der Waals surface area contributed by atoms with Gasteiger partial charge in [0.2, 0.25) is 11.8 Å². The molecule has 1 amide bonds. The number of ether oxygens (including phenoxy) is 1. The van der Waals surface area contributed by atoms with Gasteiger partial charge in [0.05, 0.1) is 23.8 Å². The first-order valence-electron chi connectivity index (χ1n) is 11.2. The van der Waals surface area contributed by atoms with Crippen molar-refractivity contribution in [1.29, 1.82) is 5.26 Å². The first-order chi connectivity index (χ1) is 17.0. The molecule has 0 aromatic carbocycles. The van der Waals surface area contributed by atoms with Gasteiger partial charge in [0.25, 0.3) is 6.43 Å². The van der Waals surface area contributed by atoms with Gasteiger partial charge in [-0.2, -0.15) is 10.4 Å². The summed E-state index contributed by atoms with van der Waals surface area (Å²) in [5, 5.41) is 17.4. The molecule has 4 aromatic rings. The van der Waals surface area contributed by atoms with E-state index < -0.39 is 12.1 Å². The van der Waals surface area contributed by atoms with Gasteiger partial charge >= 0.3 is 0 Å². The molecule has 1 aliphatic heterocycles. The van der Waals surface area contributed by atoms with Gasteiger partial charge in [-0.05, 0) is 37.1 Å². The minimum atomic E-state index is -2.89. The van der Waals surface area contributed by atoms with Crippen LogP contribution in [0.5, 0.6) is 5.88 Å². The molecule has 0 saturated heterocycles. The molecule has 2 aliphatic rings. The van der Waals surface area contributed by atoms with Crippen molar-refractivity contribution in [3.8, 4) is 34.3 Å². The van der Waals surface area contributed by atoms with Crippen molar-refractivity contribution in [2.24, 2.45) is 5.92 Å². The predicted octanol–water partition coefficient (Wildman–Crippen LogP) is 3.58. The molecule has 1 fully saturated rings. The summed E-state index contributed by atoms with van der Waals surface area (Å²) in [7, 11) is 0. The Labute approximate surface area is 197 Å². The molecule has 11 heteroatoms. The fourth-order valence-corrected chi connectivity index (χ4v) is 4.50. The maximum Gasteiger partial charge on any atom is 0.282 e. The molecular weight excluding hydrogens is 456 g/mol. The molecule has 0 spiro atoms. The van der Waals surface area contributed by atoms with E-state index in [1.165, 1.54) is 10.9 Å². The molecule has 35 heavy (non-hydrogen) atoms. The summed E-state index contributed by atoms with van der Waals surface area (Å²) >= 11 is 0. The lowest BCUT2D eigenvalue weighted by atomic mass is 9.97. The lowest BCUT2D eigenvalue weighted by Gasteiger charge is -2.25. The summed E-state index contributed by atoms with van der Waals surface area (Å²) in [6.07, 6.45) is 1.93.